The van der Waals surface area contributed by atoms with E-state index in [0.717, 1.165) is 50.5 Å². The zero-order valence-corrected chi connectivity index (χ0v) is 14.5. The lowest BCUT2D eigenvalue weighted by Crippen LogP contribution is -2.35. The van der Waals surface area contributed by atoms with Crippen molar-refractivity contribution < 1.29 is 4.52 Å². The van der Waals surface area contributed by atoms with Gasteiger partial charge in [-0.3, -0.25) is 5.01 Å². The Hall–Kier alpha value is -2.63. The molecule has 0 spiro atoms. The number of hydrazone groups is 1. The molecule has 3 heterocycles. The molecule has 130 valence electrons. The molecule has 2 aromatic rings. The van der Waals surface area contributed by atoms with Gasteiger partial charge in [-0.1, -0.05) is 36.4 Å². The van der Waals surface area contributed by atoms with Crippen LogP contribution in [0.15, 0.2) is 52.1 Å². The van der Waals surface area contributed by atoms with Gasteiger partial charge in [-0.2, -0.15) is 10.1 Å². The molecule has 1 fully saturated rings. The van der Waals surface area contributed by atoms with Gasteiger partial charge in [0.05, 0.1) is 6.54 Å². The predicted molar refractivity (Wildman–Crippen MR) is 97.7 cm³/mol. The van der Waals surface area contributed by atoms with Crippen molar-refractivity contribution in [1.29, 1.82) is 0 Å². The van der Waals surface area contributed by atoms with E-state index in [2.05, 4.69) is 50.5 Å². The molecule has 1 aromatic carbocycles. The maximum absolute atomic E-state index is 5.42. The van der Waals surface area contributed by atoms with Crippen LogP contribution in [0.4, 0.5) is 5.95 Å². The molecule has 0 radical (unpaired) electrons. The van der Waals surface area contributed by atoms with Crippen LogP contribution in [0, 0.1) is 5.92 Å². The molecule has 6 heteroatoms. The maximum atomic E-state index is 5.42. The van der Waals surface area contributed by atoms with E-state index in [1.165, 1.54) is 5.56 Å². The van der Waals surface area contributed by atoms with E-state index < -0.39 is 0 Å². The molecule has 6 nitrogen and oxygen atoms in total. The number of piperidine rings is 1. The fraction of sp³-hybridized carbons (Fsp3) is 0.421. The Morgan fingerprint density at radius 3 is 2.72 bits per heavy atom. The number of benzene rings is 1. The quantitative estimate of drug-likeness (QED) is 0.858. The minimum Gasteiger partial charge on any atom is -0.338 e. The van der Waals surface area contributed by atoms with Crippen molar-refractivity contribution in [2.45, 2.75) is 19.3 Å². The van der Waals surface area contributed by atoms with E-state index in [4.69, 9.17) is 4.52 Å². The highest BCUT2D eigenvalue weighted by atomic mass is 16.5. The Balaban J connectivity index is 1.36. The topological polar surface area (TPSA) is 57.8 Å². The fourth-order valence-corrected chi connectivity index (χ4v) is 3.42. The summed E-state index contributed by atoms with van der Waals surface area (Å²) < 4.78 is 5.42. The lowest BCUT2D eigenvalue weighted by molar-refractivity contribution is 0.376. The molecule has 25 heavy (non-hydrogen) atoms. The van der Waals surface area contributed by atoms with E-state index in [-0.39, 0.29) is 0 Å². The van der Waals surface area contributed by atoms with Gasteiger partial charge in [-0.05, 0) is 42.0 Å². The van der Waals surface area contributed by atoms with E-state index in [9.17, 15) is 0 Å². The highest BCUT2D eigenvalue weighted by Crippen LogP contribution is 2.24. The second-order valence-corrected chi connectivity index (χ2v) is 6.75. The number of aromatic nitrogens is 2. The van der Waals surface area contributed by atoms with Crippen molar-refractivity contribution in [1.82, 2.24) is 15.1 Å². The molecule has 1 aromatic heterocycles. The van der Waals surface area contributed by atoms with Gasteiger partial charge in [-0.15, -0.1) is 0 Å². The fourth-order valence-electron chi connectivity index (χ4n) is 3.42. The summed E-state index contributed by atoms with van der Waals surface area (Å²) in [5.74, 6) is 1.89. The second kappa shape index (κ2) is 7.09. The third-order valence-electron chi connectivity index (χ3n) is 4.82. The molecule has 0 unspecified atom stereocenters. The lowest BCUT2D eigenvalue weighted by atomic mass is 9.90. The Morgan fingerprint density at radius 2 is 1.96 bits per heavy atom. The first-order valence-corrected chi connectivity index (χ1v) is 8.87. The molecule has 4 rings (SSSR count). The third-order valence-corrected chi connectivity index (χ3v) is 4.82. The normalized spacial score (nSPS) is 18.5. The molecule has 2 aliphatic heterocycles. The number of rotatable bonds is 4. The highest BCUT2D eigenvalue weighted by Gasteiger charge is 2.24. The van der Waals surface area contributed by atoms with Gasteiger partial charge >= 0.3 is 0 Å². The molecule has 2 aliphatic rings. The van der Waals surface area contributed by atoms with Crippen molar-refractivity contribution in [3.05, 3.63) is 53.9 Å². The van der Waals surface area contributed by atoms with E-state index in [0.29, 0.717) is 11.8 Å². The number of likely N-dealkylation sites (N-methyl/N-ethyl adjacent to an activating group) is 1. The van der Waals surface area contributed by atoms with Crippen LogP contribution in [0.3, 0.4) is 0 Å². The first-order chi connectivity index (χ1) is 12.3. The molecule has 1 saturated heterocycles. The van der Waals surface area contributed by atoms with Crippen molar-refractivity contribution in [2.75, 3.05) is 31.6 Å². The molecular formula is C19H23N5O. The molecule has 0 aliphatic carbocycles. The highest BCUT2D eigenvalue weighted by molar-refractivity contribution is 6.05. The molecule has 0 atom stereocenters. The minimum absolute atomic E-state index is 0.490. The van der Waals surface area contributed by atoms with Crippen LogP contribution < -0.4 is 4.90 Å². The average Bonchev–Trinajstić information content (AvgIpc) is 3.13. The molecule has 0 N–H and O–H groups in total. The van der Waals surface area contributed by atoms with Crippen LogP contribution in [0.5, 0.6) is 0 Å². The van der Waals surface area contributed by atoms with Crippen molar-refractivity contribution in [3.8, 4) is 0 Å². The standard InChI is InChI=1S/C19H23N5O/c1-23-11-5-8-17(21-23)18-20-19(22-25-18)24-12-9-16(10-13-24)14-15-6-3-2-4-7-15/h2-8,16H,9-14H2,1H3. The largest absolute Gasteiger partial charge is 0.338 e. The minimum atomic E-state index is 0.490. The zero-order valence-electron chi connectivity index (χ0n) is 14.5. The summed E-state index contributed by atoms with van der Waals surface area (Å²) in [6.07, 6.45) is 7.44. The molecule has 0 amide bonds. The van der Waals surface area contributed by atoms with Gasteiger partial charge in [0.15, 0.2) is 0 Å². The van der Waals surface area contributed by atoms with Crippen LogP contribution in [0.1, 0.15) is 24.3 Å². The van der Waals surface area contributed by atoms with E-state index in [1.807, 2.05) is 24.2 Å². The monoisotopic (exact) mass is 337 g/mol. The number of nitrogens with zero attached hydrogens (tertiary/aromatic N) is 5. The van der Waals surface area contributed by atoms with Gasteiger partial charge in [0, 0.05) is 20.1 Å². The summed E-state index contributed by atoms with van der Waals surface area (Å²) >= 11 is 0. The molecule has 0 bridgehead atoms. The Bertz CT molecular complexity index is 759. The summed E-state index contributed by atoms with van der Waals surface area (Å²) in [4.78, 5) is 6.75. The van der Waals surface area contributed by atoms with Crippen LogP contribution in [-0.2, 0) is 6.42 Å². The number of hydrogen-bond donors (Lipinski definition) is 0. The van der Waals surface area contributed by atoms with E-state index in [1.54, 1.807) is 0 Å². The van der Waals surface area contributed by atoms with Gasteiger partial charge in [0.1, 0.15) is 5.71 Å². The second-order valence-electron chi connectivity index (χ2n) is 6.75. The third kappa shape index (κ3) is 3.73. The van der Waals surface area contributed by atoms with Crippen LogP contribution in [0.25, 0.3) is 0 Å². The summed E-state index contributed by atoms with van der Waals surface area (Å²) in [5, 5.41) is 10.4. The Kier molecular flexibility index (Phi) is 4.50. The predicted octanol–water partition coefficient (Wildman–Crippen LogP) is 2.73. The Morgan fingerprint density at radius 1 is 1.16 bits per heavy atom. The maximum Gasteiger partial charge on any atom is 0.279 e. The number of allylic oxidation sites excluding steroid dienone is 1. The van der Waals surface area contributed by atoms with Gasteiger partial charge in [-0.25, -0.2) is 0 Å². The average molecular weight is 337 g/mol. The summed E-state index contributed by atoms with van der Waals surface area (Å²) in [6.45, 7) is 2.75. The lowest BCUT2D eigenvalue weighted by Gasteiger charge is -2.30. The first kappa shape index (κ1) is 15.9. The first-order valence-electron chi connectivity index (χ1n) is 8.87. The molecular weight excluding hydrogens is 314 g/mol. The smallest absolute Gasteiger partial charge is 0.279 e. The van der Waals surface area contributed by atoms with Crippen molar-refractivity contribution in [2.24, 2.45) is 11.0 Å². The van der Waals surface area contributed by atoms with Crippen molar-refractivity contribution >= 4 is 11.7 Å². The number of hydrogen-bond acceptors (Lipinski definition) is 6. The van der Waals surface area contributed by atoms with Gasteiger partial charge in [0.25, 0.3) is 11.8 Å². The van der Waals surface area contributed by atoms with Crippen LogP contribution in [0.2, 0.25) is 0 Å². The van der Waals surface area contributed by atoms with Gasteiger partial charge in [0.2, 0.25) is 0 Å². The zero-order chi connectivity index (χ0) is 17.1. The van der Waals surface area contributed by atoms with Crippen LogP contribution in [-0.4, -0.2) is 47.5 Å². The van der Waals surface area contributed by atoms with Crippen LogP contribution >= 0.6 is 0 Å². The SMILES string of the molecule is CN1CC=CC(c2nc(N3CCC(Cc4ccccc4)CC3)no2)=N1. The summed E-state index contributed by atoms with van der Waals surface area (Å²) in [5.41, 5.74) is 2.15. The molecule has 0 saturated carbocycles. The van der Waals surface area contributed by atoms with Crippen molar-refractivity contribution in [3.63, 3.8) is 0 Å². The summed E-state index contributed by atoms with van der Waals surface area (Å²) in [7, 11) is 1.93. The van der Waals surface area contributed by atoms with Gasteiger partial charge < -0.3 is 9.42 Å². The van der Waals surface area contributed by atoms with E-state index >= 15 is 0 Å². The number of anilines is 1. The Labute approximate surface area is 147 Å². The summed E-state index contributed by atoms with van der Waals surface area (Å²) in [6, 6.07) is 10.7.